The van der Waals surface area contributed by atoms with Crippen LogP contribution in [0.2, 0.25) is 15.1 Å². The number of hydrogen-bond acceptors (Lipinski definition) is 4. The van der Waals surface area contributed by atoms with Crippen molar-refractivity contribution >= 4 is 69.2 Å². The number of nitrogens with one attached hydrogen (secondary N) is 1. The van der Waals surface area contributed by atoms with Crippen LogP contribution in [0.4, 0.5) is 14.5 Å². The smallest absolute Gasteiger partial charge is 0.283 e. The standard InChI is InChI=1S/C10H4Cl3F2N3S2/c11-3-1-4(12)6(5(13)2-3)16-10(19)8-7(9(14)15)17-18-20-8/h1-2,9H,(H,16,19). The molecule has 1 heterocycles. The van der Waals surface area contributed by atoms with E-state index < -0.39 is 12.1 Å². The summed E-state index contributed by atoms with van der Waals surface area (Å²) in [6, 6.07) is 2.91. The first-order chi connectivity index (χ1) is 9.40. The van der Waals surface area contributed by atoms with Gasteiger partial charge in [-0.1, -0.05) is 51.5 Å². The van der Waals surface area contributed by atoms with E-state index in [1.807, 2.05) is 0 Å². The summed E-state index contributed by atoms with van der Waals surface area (Å²) >= 11 is 23.5. The molecule has 0 unspecified atom stereocenters. The fourth-order valence-electron chi connectivity index (χ4n) is 1.33. The summed E-state index contributed by atoms with van der Waals surface area (Å²) in [5.74, 6) is 0. The van der Waals surface area contributed by atoms with Gasteiger partial charge in [0.1, 0.15) is 9.87 Å². The number of benzene rings is 1. The summed E-state index contributed by atoms with van der Waals surface area (Å²) in [5.41, 5.74) is -0.190. The van der Waals surface area contributed by atoms with Crippen LogP contribution in [0.25, 0.3) is 0 Å². The Kier molecular flexibility index (Phi) is 5.09. The Morgan fingerprint density at radius 3 is 2.40 bits per heavy atom. The van der Waals surface area contributed by atoms with Gasteiger partial charge in [-0.05, 0) is 23.7 Å². The Labute approximate surface area is 137 Å². The zero-order valence-electron chi connectivity index (χ0n) is 9.33. The second-order valence-electron chi connectivity index (χ2n) is 3.49. The third-order valence-electron chi connectivity index (χ3n) is 2.17. The van der Waals surface area contributed by atoms with E-state index in [-0.39, 0.29) is 25.6 Å². The molecule has 0 aliphatic carbocycles. The maximum absolute atomic E-state index is 12.7. The largest absolute Gasteiger partial charge is 0.343 e. The molecule has 0 bridgehead atoms. The molecule has 0 aliphatic rings. The maximum atomic E-state index is 12.7. The van der Waals surface area contributed by atoms with Gasteiger partial charge in [-0.15, -0.1) is 5.10 Å². The molecule has 0 radical (unpaired) electrons. The highest BCUT2D eigenvalue weighted by Gasteiger charge is 2.22. The normalized spacial score (nSPS) is 10.9. The summed E-state index contributed by atoms with van der Waals surface area (Å²) in [5, 5.41) is 6.85. The molecule has 2 rings (SSSR count). The van der Waals surface area contributed by atoms with Crippen LogP contribution in [-0.2, 0) is 0 Å². The molecule has 0 fully saturated rings. The second kappa shape index (κ2) is 6.44. The predicted molar refractivity (Wildman–Crippen MR) is 81.7 cm³/mol. The van der Waals surface area contributed by atoms with Crippen molar-refractivity contribution in [1.29, 1.82) is 0 Å². The molecule has 3 nitrogen and oxygen atoms in total. The average molecular weight is 375 g/mol. The molecule has 2 aromatic rings. The Bertz CT molecular complexity index is 640. The molecule has 0 spiro atoms. The molecule has 1 N–H and O–H groups in total. The SMILES string of the molecule is FC(F)c1nnsc1C(=S)Nc1c(Cl)cc(Cl)cc1Cl. The summed E-state index contributed by atoms with van der Waals surface area (Å²) in [7, 11) is 0. The lowest BCUT2D eigenvalue weighted by Crippen LogP contribution is -2.12. The van der Waals surface area contributed by atoms with Crippen LogP contribution in [0.5, 0.6) is 0 Å². The van der Waals surface area contributed by atoms with Crippen LogP contribution >= 0.6 is 58.6 Å². The Hall–Kier alpha value is -0.600. The van der Waals surface area contributed by atoms with E-state index in [4.69, 9.17) is 47.0 Å². The lowest BCUT2D eigenvalue weighted by molar-refractivity contribution is 0.146. The number of hydrogen-bond donors (Lipinski definition) is 1. The van der Waals surface area contributed by atoms with Crippen molar-refractivity contribution in [2.75, 3.05) is 5.32 Å². The molecule has 0 amide bonds. The van der Waals surface area contributed by atoms with Crippen molar-refractivity contribution in [3.8, 4) is 0 Å². The van der Waals surface area contributed by atoms with Gasteiger partial charge < -0.3 is 5.32 Å². The zero-order valence-corrected chi connectivity index (χ0v) is 13.2. The van der Waals surface area contributed by atoms with Crippen LogP contribution in [0.15, 0.2) is 12.1 Å². The molecule has 0 aliphatic heterocycles. The molecular formula is C10H4Cl3F2N3S2. The fraction of sp³-hybridized carbons (Fsp3) is 0.100. The van der Waals surface area contributed by atoms with E-state index >= 15 is 0 Å². The third kappa shape index (κ3) is 3.35. The fourth-order valence-corrected chi connectivity index (χ4v) is 3.13. The molecule has 106 valence electrons. The highest BCUT2D eigenvalue weighted by Crippen LogP contribution is 2.34. The van der Waals surface area contributed by atoms with Gasteiger partial charge in [0.05, 0.1) is 15.7 Å². The number of anilines is 1. The highest BCUT2D eigenvalue weighted by molar-refractivity contribution is 7.81. The number of halogens is 5. The van der Waals surface area contributed by atoms with Crippen molar-refractivity contribution < 1.29 is 8.78 Å². The number of alkyl halides is 2. The van der Waals surface area contributed by atoms with Crippen molar-refractivity contribution in [3.05, 3.63) is 37.8 Å². The molecule has 20 heavy (non-hydrogen) atoms. The molecule has 0 atom stereocenters. The Balaban J connectivity index is 2.31. The number of aromatic nitrogens is 2. The van der Waals surface area contributed by atoms with Crippen molar-refractivity contribution in [1.82, 2.24) is 9.59 Å². The van der Waals surface area contributed by atoms with Gasteiger partial charge in [0, 0.05) is 5.02 Å². The van der Waals surface area contributed by atoms with E-state index in [1.165, 1.54) is 12.1 Å². The molecule has 0 saturated carbocycles. The van der Waals surface area contributed by atoms with E-state index in [1.54, 1.807) is 0 Å². The minimum Gasteiger partial charge on any atom is -0.343 e. The van der Waals surface area contributed by atoms with E-state index in [9.17, 15) is 8.78 Å². The van der Waals surface area contributed by atoms with Gasteiger partial charge >= 0.3 is 0 Å². The maximum Gasteiger partial charge on any atom is 0.283 e. The monoisotopic (exact) mass is 373 g/mol. The quantitative estimate of drug-likeness (QED) is 0.747. The van der Waals surface area contributed by atoms with Crippen LogP contribution in [-0.4, -0.2) is 14.6 Å². The number of nitrogens with zero attached hydrogens (tertiary/aromatic N) is 2. The van der Waals surface area contributed by atoms with Crippen molar-refractivity contribution in [2.24, 2.45) is 0 Å². The van der Waals surface area contributed by atoms with E-state index in [0.717, 1.165) is 11.5 Å². The third-order valence-corrected chi connectivity index (χ3v) is 4.18. The van der Waals surface area contributed by atoms with Gasteiger partial charge in [0.15, 0.2) is 5.69 Å². The molecule has 10 heteroatoms. The topological polar surface area (TPSA) is 37.8 Å². The van der Waals surface area contributed by atoms with Crippen LogP contribution in [0.1, 0.15) is 17.0 Å². The molecular weight excluding hydrogens is 371 g/mol. The van der Waals surface area contributed by atoms with Gasteiger partial charge in [0.2, 0.25) is 0 Å². The summed E-state index contributed by atoms with van der Waals surface area (Å²) in [4.78, 5) is 0.0819. The van der Waals surface area contributed by atoms with E-state index in [0.29, 0.717) is 5.02 Å². The van der Waals surface area contributed by atoms with Crippen molar-refractivity contribution in [3.63, 3.8) is 0 Å². The molecule has 0 saturated heterocycles. The molecule has 1 aromatic heterocycles. The van der Waals surface area contributed by atoms with Gasteiger partial charge in [0.25, 0.3) is 6.43 Å². The first-order valence-electron chi connectivity index (χ1n) is 4.96. The zero-order chi connectivity index (χ0) is 14.9. The van der Waals surface area contributed by atoms with Gasteiger partial charge in [-0.25, -0.2) is 8.78 Å². The highest BCUT2D eigenvalue weighted by atomic mass is 35.5. The van der Waals surface area contributed by atoms with Crippen molar-refractivity contribution in [2.45, 2.75) is 6.43 Å². The van der Waals surface area contributed by atoms with Gasteiger partial charge in [-0.3, -0.25) is 0 Å². The number of rotatable bonds is 3. The average Bonchev–Trinajstić information content (AvgIpc) is 2.82. The second-order valence-corrected chi connectivity index (χ2v) is 5.90. The first-order valence-corrected chi connectivity index (χ1v) is 7.28. The van der Waals surface area contributed by atoms with Crippen LogP contribution in [0, 0.1) is 0 Å². The first kappa shape index (κ1) is 15.8. The molecule has 1 aromatic carbocycles. The minimum atomic E-state index is -2.76. The van der Waals surface area contributed by atoms with E-state index in [2.05, 4.69) is 14.9 Å². The predicted octanol–water partition coefficient (Wildman–Crippen LogP) is 5.22. The number of thiocarbonyl (C=S) groups is 1. The van der Waals surface area contributed by atoms with Crippen LogP contribution in [0.3, 0.4) is 0 Å². The summed E-state index contributed by atoms with van der Waals surface area (Å²) in [6.07, 6.45) is -2.76. The van der Waals surface area contributed by atoms with Gasteiger partial charge in [-0.2, -0.15) is 0 Å². The summed E-state index contributed by atoms with van der Waals surface area (Å²) in [6.45, 7) is 0. The minimum absolute atomic E-state index is 0.0152. The Morgan fingerprint density at radius 2 is 1.85 bits per heavy atom. The lowest BCUT2D eigenvalue weighted by Gasteiger charge is -2.11. The van der Waals surface area contributed by atoms with Crippen LogP contribution < -0.4 is 5.32 Å². The lowest BCUT2D eigenvalue weighted by atomic mass is 10.3. The summed E-state index contributed by atoms with van der Waals surface area (Å²) < 4.78 is 28.9. The Morgan fingerprint density at radius 1 is 1.25 bits per heavy atom.